The highest BCUT2D eigenvalue weighted by molar-refractivity contribution is 5.64. The largest absolute Gasteiger partial charge is 0.472 e. The topological polar surface area (TPSA) is 51.3 Å². The molecule has 1 saturated carbocycles. The quantitative estimate of drug-likeness (QED) is 0.574. The fourth-order valence-electron chi connectivity index (χ4n) is 5.60. The van der Waals surface area contributed by atoms with Gasteiger partial charge < -0.3 is 13.9 Å². The van der Waals surface area contributed by atoms with Crippen molar-refractivity contribution in [2.45, 2.75) is 64.0 Å². The van der Waals surface area contributed by atoms with Crippen molar-refractivity contribution in [1.29, 1.82) is 0 Å². The van der Waals surface area contributed by atoms with Crippen LogP contribution in [0.5, 0.6) is 0 Å². The molecular weight excluding hydrogens is 398 g/mol. The molecule has 2 aromatic heterocycles. The van der Waals surface area contributed by atoms with Gasteiger partial charge >= 0.3 is 0 Å². The van der Waals surface area contributed by atoms with Crippen LogP contribution in [0.3, 0.4) is 0 Å². The molecule has 0 saturated heterocycles. The van der Waals surface area contributed by atoms with E-state index in [0.717, 1.165) is 48.6 Å². The molecule has 5 rings (SSSR count). The summed E-state index contributed by atoms with van der Waals surface area (Å²) in [6.45, 7) is 9.20. The molecule has 166 valence electrons. The summed E-state index contributed by atoms with van der Waals surface area (Å²) in [5.41, 5.74) is 6.00. The van der Waals surface area contributed by atoms with E-state index in [2.05, 4.69) is 59.3 Å². The fourth-order valence-corrected chi connectivity index (χ4v) is 5.60. The maximum absolute atomic E-state index is 12.9. The van der Waals surface area contributed by atoms with Gasteiger partial charge in [-0.3, -0.25) is 4.79 Å². The number of nitrogens with zero attached hydrogens (tertiary/aromatic N) is 3. The van der Waals surface area contributed by atoms with Gasteiger partial charge in [0.25, 0.3) is 5.56 Å². The van der Waals surface area contributed by atoms with Gasteiger partial charge in [-0.25, -0.2) is 0 Å². The summed E-state index contributed by atoms with van der Waals surface area (Å²) in [5.74, 6) is 0.896. The Morgan fingerprint density at radius 3 is 2.72 bits per heavy atom. The van der Waals surface area contributed by atoms with E-state index in [1.54, 1.807) is 12.5 Å². The van der Waals surface area contributed by atoms with Crippen LogP contribution in [0, 0.1) is 6.92 Å². The molecule has 1 aromatic carbocycles. The highest BCUT2D eigenvalue weighted by Gasteiger charge is 2.38. The fraction of sp³-hybridized carbons (Fsp3) is 0.407. The summed E-state index contributed by atoms with van der Waals surface area (Å²) in [6.07, 6.45) is 8.90. The van der Waals surface area contributed by atoms with Gasteiger partial charge in [0.05, 0.1) is 23.9 Å². The number of aromatic nitrogens is 2. The second kappa shape index (κ2) is 7.80. The lowest BCUT2D eigenvalue weighted by atomic mass is 9.75. The van der Waals surface area contributed by atoms with Gasteiger partial charge in [-0.05, 0) is 43.9 Å². The first-order chi connectivity index (χ1) is 15.4. The summed E-state index contributed by atoms with van der Waals surface area (Å²) in [6, 6.07) is 11.1. The van der Waals surface area contributed by atoms with Crippen molar-refractivity contribution in [3.05, 3.63) is 82.4 Å². The van der Waals surface area contributed by atoms with Crippen LogP contribution in [0.25, 0.3) is 16.8 Å². The standard InChI is InChI=1S/C27H31N3O2/c1-18-16-30-24(28-26(31)19(2)25(30)20(3)29(18)4)15-27(11-5-6-12-27)23-9-7-8-21(14-23)22-10-13-32-17-22/h7-10,13-14,17-18H,3,5-6,11-12,15-16H2,1-2,4H3. The van der Waals surface area contributed by atoms with Gasteiger partial charge in [0.2, 0.25) is 0 Å². The number of rotatable bonds is 4. The van der Waals surface area contributed by atoms with E-state index in [1.807, 2.05) is 13.0 Å². The molecule has 1 aliphatic carbocycles. The summed E-state index contributed by atoms with van der Waals surface area (Å²) in [7, 11) is 2.06. The lowest BCUT2D eigenvalue weighted by Crippen LogP contribution is -2.42. The summed E-state index contributed by atoms with van der Waals surface area (Å²) in [5, 5.41) is 0. The Morgan fingerprint density at radius 1 is 1.22 bits per heavy atom. The van der Waals surface area contributed by atoms with Crippen molar-refractivity contribution in [3.63, 3.8) is 0 Å². The van der Waals surface area contributed by atoms with Crippen LogP contribution in [-0.4, -0.2) is 27.5 Å². The van der Waals surface area contributed by atoms with E-state index in [4.69, 9.17) is 4.42 Å². The van der Waals surface area contributed by atoms with E-state index in [1.165, 1.54) is 24.0 Å². The molecule has 1 fully saturated rings. The Bertz CT molecular complexity index is 1220. The third-order valence-corrected chi connectivity index (χ3v) is 7.68. The van der Waals surface area contributed by atoms with Crippen molar-refractivity contribution in [3.8, 4) is 11.1 Å². The molecule has 1 atom stereocenters. The molecule has 0 radical (unpaired) electrons. The van der Waals surface area contributed by atoms with Crippen LogP contribution in [0.1, 0.15) is 55.3 Å². The lowest BCUT2D eigenvalue weighted by Gasteiger charge is -2.39. The van der Waals surface area contributed by atoms with Crippen LogP contribution in [0.2, 0.25) is 0 Å². The van der Waals surface area contributed by atoms with Crippen LogP contribution in [-0.2, 0) is 18.4 Å². The van der Waals surface area contributed by atoms with E-state index < -0.39 is 0 Å². The molecule has 2 aliphatic rings. The molecule has 0 bridgehead atoms. The molecule has 0 N–H and O–H groups in total. The molecule has 1 aliphatic heterocycles. The molecule has 32 heavy (non-hydrogen) atoms. The maximum Gasteiger partial charge on any atom is 0.276 e. The van der Waals surface area contributed by atoms with Gasteiger partial charge in [0.1, 0.15) is 5.82 Å². The van der Waals surface area contributed by atoms with E-state index in [-0.39, 0.29) is 11.0 Å². The first-order valence-electron chi connectivity index (χ1n) is 11.6. The van der Waals surface area contributed by atoms with E-state index >= 15 is 0 Å². The first kappa shape index (κ1) is 20.8. The maximum atomic E-state index is 12.9. The van der Waals surface area contributed by atoms with Crippen LogP contribution >= 0.6 is 0 Å². The number of likely N-dealkylation sites (N-methyl/N-ethyl adjacent to an activating group) is 1. The van der Waals surface area contributed by atoms with Gasteiger partial charge in [0, 0.05) is 42.6 Å². The van der Waals surface area contributed by atoms with E-state index in [0.29, 0.717) is 11.6 Å². The Balaban J connectivity index is 1.61. The monoisotopic (exact) mass is 429 g/mol. The highest BCUT2D eigenvalue weighted by Crippen LogP contribution is 2.44. The predicted octanol–water partition coefficient (Wildman–Crippen LogP) is 5.17. The Hall–Kier alpha value is -3.08. The number of benzene rings is 1. The normalized spacial score (nSPS) is 19.9. The third-order valence-electron chi connectivity index (χ3n) is 7.68. The molecule has 0 spiro atoms. The number of furan rings is 1. The number of hydrogen-bond acceptors (Lipinski definition) is 4. The summed E-state index contributed by atoms with van der Waals surface area (Å²) >= 11 is 0. The average Bonchev–Trinajstić information content (AvgIpc) is 3.49. The zero-order valence-electron chi connectivity index (χ0n) is 19.2. The molecule has 0 amide bonds. The predicted molar refractivity (Wildman–Crippen MR) is 127 cm³/mol. The lowest BCUT2D eigenvalue weighted by molar-refractivity contribution is 0.293. The molecule has 5 heteroatoms. The minimum Gasteiger partial charge on any atom is -0.472 e. The van der Waals surface area contributed by atoms with Crippen molar-refractivity contribution in [1.82, 2.24) is 14.5 Å². The van der Waals surface area contributed by atoms with Gasteiger partial charge in [-0.1, -0.05) is 43.7 Å². The van der Waals surface area contributed by atoms with Gasteiger partial charge in [0.15, 0.2) is 0 Å². The summed E-state index contributed by atoms with van der Waals surface area (Å²) in [4.78, 5) is 19.7. The Kier molecular flexibility index (Phi) is 5.07. The molecule has 3 heterocycles. The minimum atomic E-state index is -0.129. The van der Waals surface area contributed by atoms with Crippen molar-refractivity contribution >= 4 is 5.70 Å². The Labute approximate surface area is 189 Å². The van der Waals surface area contributed by atoms with Gasteiger partial charge in [-0.2, -0.15) is 4.98 Å². The zero-order valence-corrected chi connectivity index (χ0v) is 19.2. The second-order valence-corrected chi connectivity index (χ2v) is 9.58. The third kappa shape index (κ3) is 3.31. The molecule has 3 aromatic rings. The van der Waals surface area contributed by atoms with E-state index in [9.17, 15) is 4.79 Å². The average molecular weight is 430 g/mol. The highest BCUT2D eigenvalue weighted by atomic mass is 16.3. The zero-order chi connectivity index (χ0) is 22.5. The second-order valence-electron chi connectivity index (χ2n) is 9.58. The number of hydrogen-bond donors (Lipinski definition) is 0. The SMILES string of the molecule is C=C1c2c(C)c(=O)nc(CC3(c4cccc(-c5ccoc5)c4)CCCC3)n2CC(C)N1C. The summed E-state index contributed by atoms with van der Waals surface area (Å²) < 4.78 is 7.58. The number of fused-ring (bicyclic) bond motifs is 1. The molecule has 5 nitrogen and oxygen atoms in total. The Morgan fingerprint density at radius 2 is 2.00 bits per heavy atom. The van der Waals surface area contributed by atoms with Crippen molar-refractivity contribution < 1.29 is 4.42 Å². The van der Waals surface area contributed by atoms with Crippen molar-refractivity contribution in [2.75, 3.05) is 7.05 Å². The van der Waals surface area contributed by atoms with Crippen LogP contribution in [0.15, 0.2) is 58.6 Å². The van der Waals surface area contributed by atoms with Crippen molar-refractivity contribution in [2.24, 2.45) is 0 Å². The molecule has 1 unspecified atom stereocenters. The molecular formula is C27H31N3O2. The van der Waals surface area contributed by atoms with Crippen LogP contribution < -0.4 is 5.56 Å². The first-order valence-corrected chi connectivity index (χ1v) is 11.6. The smallest absolute Gasteiger partial charge is 0.276 e. The minimum absolute atomic E-state index is 0.0108. The van der Waals surface area contributed by atoms with Gasteiger partial charge in [-0.15, -0.1) is 0 Å². The van der Waals surface area contributed by atoms with Crippen LogP contribution in [0.4, 0.5) is 0 Å².